The smallest absolute Gasteiger partial charge is 0.261 e. The van der Waals surface area contributed by atoms with E-state index in [4.69, 9.17) is 21.1 Å². The van der Waals surface area contributed by atoms with Crippen molar-refractivity contribution in [1.29, 1.82) is 0 Å². The molecule has 1 aliphatic rings. The molecule has 4 heterocycles. The summed E-state index contributed by atoms with van der Waals surface area (Å²) in [6.07, 6.45) is 5.43. The molecule has 11 nitrogen and oxygen atoms in total. The summed E-state index contributed by atoms with van der Waals surface area (Å²) in [5.74, 6) is 1.28. The van der Waals surface area contributed by atoms with Crippen LogP contribution in [0.1, 0.15) is 18.9 Å². The number of likely N-dealkylation sites (tertiary alicyclic amines) is 1. The normalized spacial score (nSPS) is 14.5. The van der Waals surface area contributed by atoms with Crippen LogP contribution in [0.15, 0.2) is 53.6 Å². The van der Waals surface area contributed by atoms with Gasteiger partial charge in [0.25, 0.3) is 5.56 Å². The van der Waals surface area contributed by atoms with Gasteiger partial charge >= 0.3 is 0 Å². The molecule has 0 bridgehead atoms. The number of methoxy groups -OCH3 is 1. The maximum atomic E-state index is 12.9. The van der Waals surface area contributed by atoms with E-state index < -0.39 is 0 Å². The second kappa shape index (κ2) is 11.4. The van der Waals surface area contributed by atoms with Crippen LogP contribution in [0.25, 0.3) is 33.2 Å². The molecule has 12 heteroatoms. The number of ether oxygens (including phenoxy) is 2. The summed E-state index contributed by atoms with van der Waals surface area (Å²) >= 11 is 6.19. The Morgan fingerprint density at radius 1 is 1.21 bits per heavy atom. The van der Waals surface area contributed by atoms with Crippen molar-refractivity contribution in [3.05, 3.63) is 64.2 Å². The Morgan fingerprint density at radius 3 is 2.79 bits per heavy atom. The number of imidazole rings is 1. The van der Waals surface area contributed by atoms with E-state index in [1.807, 2.05) is 22.9 Å². The highest BCUT2D eigenvalue weighted by Gasteiger charge is 2.23. The fourth-order valence-corrected chi connectivity index (χ4v) is 5.61. The number of fused-ring (bicyclic) bond motifs is 2. The predicted octanol–water partition coefficient (Wildman–Crippen LogP) is 4.57. The zero-order valence-corrected chi connectivity index (χ0v) is 24.0. The number of carbonyl (C=O) groups excluding carboxylic acids is 1. The SMILES string of the molecule is COc1ccc(OCC(=O)CNc2cc[nH]c(=O)c2-c2nc3cc4c(O)n(C5CCN(C)CC5)cc4cc3[nH]2)c(Cl)c1. The van der Waals surface area contributed by atoms with E-state index in [2.05, 4.69) is 32.2 Å². The number of H-pyrrole nitrogens is 2. The first-order valence-corrected chi connectivity index (χ1v) is 14.0. The number of halogens is 1. The summed E-state index contributed by atoms with van der Waals surface area (Å²) in [7, 11) is 3.65. The van der Waals surface area contributed by atoms with Gasteiger partial charge in [-0.05, 0) is 63.3 Å². The van der Waals surface area contributed by atoms with Gasteiger partial charge in [-0.25, -0.2) is 4.98 Å². The molecule has 0 amide bonds. The maximum absolute atomic E-state index is 12.9. The fourth-order valence-electron chi connectivity index (χ4n) is 5.38. The van der Waals surface area contributed by atoms with Crippen LogP contribution in [-0.4, -0.2) is 75.7 Å². The van der Waals surface area contributed by atoms with E-state index >= 15 is 0 Å². The largest absolute Gasteiger partial charge is 0.497 e. The molecule has 42 heavy (non-hydrogen) atoms. The van der Waals surface area contributed by atoms with Gasteiger partial charge in [0, 0.05) is 35.3 Å². The monoisotopic (exact) mass is 590 g/mol. The number of ketones is 1. The van der Waals surface area contributed by atoms with Gasteiger partial charge in [-0.3, -0.25) is 9.59 Å². The van der Waals surface area contributed by atoms with Crippen LogP contribution >= 0.6 is 11.6 Å². The topological polar surface area (TPSA) is 138 Å². The summed E-state index contributed by atoms with van der Waals surface area (Å²) in [5, 5.41) is 16.0. The number of nitrogens with one attached hydrogen (secondary N) is 3. The van der Waals surface area contributed by atoms with Crippen LogP contribution in [0.5, 0.6) is 17.4 Å². The number of pyridine rings is 1. The highest BCUT2D eigenvalue weighted by Crippen LogP contribution is 2.36. The van der Waals surface area contributed by atoms with Crippen LogP contribution in [-0.2, 0) is 4.79 Å². The molecule has 6 rings (SSSR count). The first-order chi connectivity index (χ1) is 20.3. The molecule has 0 aliphatic carbocycles. The van der Waals surface area contributed by atoms with Crippen molar-refractivity contribution in [2.24, 2.45) is 0 Å². The standard InChI is InChI=1S/C30H31ClN6O5/c1-36-9-6-18(7-10-36)37-15-17-11-24-25(13-21(17)30(37)40)35-28(34-24)27-23(5-8-32-29(27)39)33-14-19(38)16-42-26-4-3-20(41-2)12-22(26)31/h3-5,8,11-13,15,18,40H,6-7,9-10,14,16H2,1-2H3,(H,34,35)(H2,32,33,39). The number of aromatic nitrogens is 4. The zero-order valence-electron chi connectivity index (χ0n) is 23.2. The number of Topliss-reactive ketones (excluding diaryl/α,β-unsaturated/α-hetero) is 1. The number of anilines is 1. The third-order valence-corrected chi connectivity index (χ3v) is 8.00. The van der Waals surface area contributed by atoms with E-state index in [9.17, 15) is 14.7 Å². The predicted molar refractivity (Wildman–Crippen MR) is 162 cm³/mol. The molecule has 3 aromatic heterocycles. The Bertz CT molecular complexity index is 1840. The molecular weight excluding hydrogens is 560 g/mol. The average molecular weight is 591 g/mol. The quantitative estimate of drug-likeness (QED) is 0.196. The molecule has 0 atom stereocenters. The fraction of sp³-hybridized carbons (Fsp3) is 0.300. The summed E-state index contributed by atoms with van der Waals surface area (Å²) < 4.78 is 12.7. The molecular formula is C30H31ClN6O5. The van der Waals surface area contributed by atoms with Gasteiger partial charge in [0.2, 0.25) is 0 Å². The second-order valence-electron chi connectivity index (χ2n) is 10.5. The Hall–Kier alpha value is -4.48. The van der Waals surface area contributed by atoms with Crippen LogP contribution in [0.4, 0.5) is 5.69 Å². The van der Waals surface area contributed by atoms with Gasteiger partial charge in [-0.1, -0.05) is 11.6 Å². The molecule has 1 fully saturated rings. The zero-order chi connectivity index (χ0) is 29.4. The lowest BCUT2D eigenvalue weighted by molar-refractivity contribution is -0.119. The average Bonchev–Trinajstić information content (AvgIpc) is 3.54. The van der Waals surface area contributed by atoms with Gasteiger partial charge in [-0.2, -0.15) is 0 Å². The lowest BCUT2D eigenvalue weighted by atomic mass is 10.1. The number of rotatable bonds is 9. The van der Waals surface area contributed by atoms with Crippen molar-refractivity contribution in [3.63, 3.8) is 0 Å². The van der Waals surface area contributed by atoms with Crippen molar-refractivity contribution in [2.75, 3.05) is 45.7 Å². The molecule has 1 saturated heterocycles. The van der Waals surface area contributed by atoms with Gasteiger partial charge in [-0.15, -0.1) is 0 Å². The lowest BCUT2D eigenvalue weighted by Crippen LogP contribution is -2.31. The van der Waals surface area contributed by atoms with E-state index in [1.165, 1.54) is 13.3 Å². The van der Waals surface area contributed by atoms with E-state index in [1.54, 1.807) is 24.3 Å². The summed E-state index contributed by atoms with van der Waals surface area (Å²) in [5.41, 5.74) is 1.69. The highest BCUT2D eigenvalue weighted by atomic mass is 35.5. The second-order valence-corrected chi connectivity index (χ2v) is 10.9. The van der Waals surface area contributed by atoms with Crippen molar-refractivity contribution in [3.8, 4) is 28.8 Å². The Kier molecular flexibility index (Phi) is 7.53. The minimum Gasteiger partial charge on any atom is -0.497 e. The van der Waals surface area contributed by atoms with Crippen LogP contribution < -0.4 is 20.3 Å². The number of aromatic hydroxyl groups is 1. The van der Waals surface area contributed by atoms with Crippen LogP contribution in [0.3, 0.4) is 0 Å². The number of benzene rings is 2. The van der Waals surface area contributed by atoms with Crippen molar-refractivity contribution in [2.45, 2.75) is 18.9 Å². The Balaban J connectivity index is 1.20. The number of carbonyl (C=O) groups is 1. The third-order valence-electron chi connectivity index (χ3n) is 7.70. The third kappa shape index (κ3) is 5.40. The van der Waals surface area contributed by atoms with Crippen molar-refractivity contribution >= 4 is 44.9 Å². The molecule has 0 radical (unpaired) electrons. The van der Waals surface area contributed by atoms with E-state index in [-0.39, 0.29) is 42.0 Å². The minimum absolute atomic E-state index is 0.0800. The first kappa shape index (κ1) is 27.7. The number of aromatic amines is 2. The number of nitrogens with zero attached hydrogens (tertiary/aromatic N) is 3. The molecule has 1 aliphatic heterocycles. The van der Waals surface area contributed by atoms with Gasteiger partial charge < -0.3 is 39.3 Å². The summed E-state index contributed by atoms with van der Waals surface area (Å²) in [4.78, 5) is 38.4. The molecule has 0 spiro atoms. The van der Waals surface area contributed by atoms with E-state index in [0.717, 1.165) is 36.8 Å². The number of piperidine rings is 1. The number of hydrogen-bond donors (Lipinski definition) is 4. The molecule has 0 saturated carbocycles. The van der Waals surface area contributed by atoms with Gasteiger partial charge in [0.15, 0.2) is 11.7 Å². The molecule has 218 valence electrons. The molecule has 5 aromatic rings. The summed E-state index contributed by atoms with van der Waals surface area (Å²) in [6, 6.07) is 10.6. The minimum atomic E-state index is -0.366. The van der Waals surface area contributed by atoms with Crippen LogP contribution in [0.2, 0.25) is 5.02 Å². The molecule has 0 unspecified atom stereocenters. The van der Waals surface area contributed by atoms with Crippen molar-refractivity contribution in [1.82, 2.24) is 24.4 Å². The lowest BCUT2D eigenvalue weighted by Gasteiger charge is -2.30. The Labute approximate surface area is 246 Å². The van der Waals surface area contributed by atoms with Crippen molar-refractivity contribution < 1.29 is 19.4 Å². The number of hydrogen-bond acceptors (Lipinski definition) is 8. The van der Waals surface area contributed by atoms with Gasteiger partial charge in [0.1, 0.15) is 29.5 Å². The van der Waals surface area contributed by atoms with E-state index in [0.29, 0.717) is 38.9 Å². The first-order valence-electron chi connectivity index (χ1n) is 13.7. The molecule has 2 aromatic carbocycles. The highest BCUT2D eigenvalue weighted by molar-refractivity contribution is 6.32. The summed E-state index contributed by atoms with van der Waals surface area (Å²) in [6.45, 7) is 1.69. The molecule has 4 N–H and O–H groups in total. The maximum Gasteiger partial charge on any atom is 0.261 e. The Morgan fingerprint density at radius 2 is 2.02 bits per heavy atom. The van der Waals surface area contributed by atoms with Crippen LogP contribution in [0, 0.1) is 0 Å². The van der Waals surface area contributed by atoms with Gasteiger partial charge in [0.05, 0.1) is 35.4 Å².